The highest BCUT2D eigenvalue weighted by Gasteiger charge is 2.10. The van der Waals surface area contributed by atoms with Gasteiger partial charge in [0.1, 0.15) is 5.82 Å². The van der Waals surface area contributed by atoms with Gasteiger partial charge in [-0.05, 0) is 75.6 Å². The summed E-state index contributed by atoms with van der Waals surface area (Å²) in [5.74, 6) is -0.263. The molecule has 4 nitrogen and oxygen atoms in total. The maximum absolute atomic E-state index is 13.2. The molecule has 0 amide bonds. The molecule has 0 atom stereocenters. The number of phenols is 1. The number of ketones is 1. The van der Waals surface area contributed by atoms with E-state index in [0.717, 1.165) is 5.56 Å². The number of hydrogen-bond donors (Lipinski definition) is 2. The van der Waals surface area contributed by atoms with Gasteiger partial charge in [-0.2, -0.15) is 0 Å². The Bertz CT molecular complexity index is 1060. The molecule has 0 unspecified atom stereocenters. The van der Waals surface area contributed by atoms with Crippen molar-refractivity contribution in [2.75, 3.05) is 12.8 Å². The molecule has 0 aliphatic heterocycles. The molecule has 6 heteroatoms. The Labute approximate surface area is 170 Å². The predicted octanol–water partition coefficient (Wildman–Crippen LogP) is 5.45. The molecular formula is C22H17BrFNO3. The van der Waals surface area contributed by atoms with Crippen LogP contribution in [0, 0.1) is 5.82 Å². The third-order valence-electron chi connectivity index (χ3n) is 4.19. The zero-order chi connectivity index (χ0) is 20.3. The fourth-order valence-corrected chi connectivity index (χ4v) is 3.16. The molecule has 3 N–H and O–H groups in total. The number of anilines is 1. The van der Waals surface area contributed by atoms with E-state index in [2.05, 4.69) is 15.9 Å². The Morgan fingerprint density at radius 1 is 1.14 bits per heavy atom. The minimum Gasteiger partial charge on any atom is -0.503 e. The Morgan fingerprint density at radius 2 is 1.86 bits per heavy atom. The highest BCUT2D eigenvalue weighted by Crippen LogP contribution is 2.35. The lowest BCUT2D eigenvalue weighted by Gasteiger charge is -2.08. The number of halogens is 2. The number of methoxy groups -OCH3 is 1. The number of phenolic OH excluding ortho intramolecular Hbond substituents is 1. The van der Waals surface area contributed by atoms with Crippen LogP contribution in [-0.4, -0.2) is 18.0 Å². The quantitative estimate of drug-likeness (QED) is 0.313. The largest absolute Gasteiger partial charge is 0.503 e. The monoisotopic (exact) mass is 441 g/mol. The Morgan fingerprint density at radius 3 is 2.54 bits per heavy atom. The second kappa shape index (κ2) is 8.27. The molecule has 0 heterocycles. The second-order valence-electron chi connectivity index (χ2n) is 6.06. The molecule has 142 valence electrons. The van der Waals surface area contributed by atoms with Gasteiger partial charge in [0.05, 0.1) is 11.6 Å². The van der Waals surface area contributed by atoms with Gasteiger partial charge in [0.25, 0.3) is 0 Å². The van der Waals surface area contributed by atoms with Crippen molar-refractivity contribution in [3.8, 4) is 22.6 Å². The number of benzene rings is 3. The summed E-state index contributed by atoms with van der Waals surface area (Å²) < 4.78 is 18.7. The molecule has 3 aromatic rings. The summed E-state index contributed by atoms with van der Waals surface area (Å²) in [4.78, 5) is 12.6. The van der Waals surface area contributed by atoms with Crippen molar-refractivity contribution < 1.29 is 19.0 Å². The standard InChI is InChI=1S/C22H17BrFNO3/c1-28-21-11-13(10-18(23)22(21)27)2-9-20(26)15-5-8-19(25)17(12-15)14-3-6-16(24)7-4-14/h2-12,27H,25H2,1H3/b9-2+. The molecule has 3 aromatic carbocycles. The maximum Gasteiger partial charge on any atom is 0.185 e. The SMILES string of the molecule is COc1cc(/C=C/C(=O)c2ccc(N)c(-c3ccc(F)cc3)c2)cc(Br)c1O. The number of rotatable bonds is 5. The summed E-state index contributed by atoms with van der Waals surface area (Å²) in [5.41, 5.74) is 9.05. The van der Waals surface area contributed by atoms with Crippen molar-refractivity contribution >= 4 is 33.5 Å². The van der Waals surface area contributed by atoms with Gasteiger partial charge in [-0.1, -0.05) is 18.2 Å². The van der Waals surface area contributed by atoms with Crippen LogP contribution in [0.5, 0.6) is 11.5 Å². The summed E-state index contributed by atoms with van der Waals surface area (Å²) in [6.45, 7) is 0. The number of carbonyl (C=O) groups excluding carboxylic acids is 1. The van der Waals surface area contributed by atoms with Crippen LogP contribution in [-0.2, 0) is 0 Å². The summed E-state index contributed by atoms with van der Waals surface area (Å²) in [5, 5.41) is 9.86. The normalized spacial score (nSPS) is 11.0. The topological polar surface area (TPSA) is 72.5 Å². The molecule has 0 saturated carbocycles. The van der Waals surface area contributed by atoms with Crippen LogP contribution in [0.15, 0.2) is 65.1 Å². The first kappa shape index (κ1) is 19.6. The minimum atomic E-state index is -0.340. The predicted molar refractivity (Wildman–Crippen MR) is 112 cm³/mol. The van der Waals surface area contributed by atoms with E-state index in [0.29, 0.717) is 32.6 Å². The lowest BCUT2D eigenvalue weighted by molar-refractivity contribution is 0.104. The molecule has 0 aromatic heterocycles. The van der Waals surface area contributed by atoms with E-state index in [4.69, 9.17) is 10.5 Å². The zero-order valence-corrected chi connectivity index (χ0v) is 16.5. The summed E-state index contributed by atoms with van der Waals surface area (Å²) in [6.07, 6.45) is 3.06. The number of nitrogen functional groups attached to an aromatic ring is 1. The average molecular weight is 442 g/mol. The third-order valence-corrected chi connectivity index (χ3v) is 4.80. The van der Waals surface area contributed by atoms with Crippen LogP contribution < -0.4 is 10.5 Å². The van der Waals surface area contributed by atoms with Crippen molar-refractivity contribution in [1.82, 2.24) is 0 Å². The van der Waals surface area contributed by atoms with Crippen LogP contribution in [0.25, 0.3) is 17.2 Å². The number of carbonyl (C=O) groups is 1. The van der Waals surface area contributed by atoms with Gasteiger partial charge >= 0.3 is 0 Å². The van der Waals surface area contributed by atoms with E-state index >= 15 is 0 Å². The molecular weight excluding hydrogens is 425 g/mol. The Kier molecular flexibility index (Phi) is 5.80. The minimum absolute atomic E-state index is 0.00606. The van der Waals surface area contributed by atoms with Gasteiger partial charge in [-0.3, -0.25) is 4.79 Å². The Balaban J connectivity index is 1.89. The van der Waals surface area contributed by atoms with Gasteiger partial charge < -0.3 is 15.6 Å². The van der Waals surface area contributed by atoms with Gasteiger partial charge in [0.2, 0.25) is 0 Å². The van der Waals surface area contributed by atoms with Crippen molar-refractivity contribution in [2.24, 2.45) is 0 Å². The zero-order valence-electron chi connectivity index (χ0n) is 14.9. The van der Waals surface area contributed by atoms with Crippen molar-refractivity contribution in [3.63, 3.8) is 0 Å². The van der Waals surface area contributed by atoms with Gasteiger partial charge in [-0.25, -0.2) is 4.39 Å². The van der Waals surface area contributed by atoms with Crippen LogP contribution in [0.4, 0.5) is 10.1 Å². The van der Waals surface area contributed by atoms with Crippen molar-refractivity contribution in [2.45, 2.75) is 0 Å². The average Bonchev–Trinajstić information content (AvgIpc) is 2.69. The third kappa shape index (κ3) is 4.23. The Hall–Kier alpha value is -3.12. The number of ether oxygens (including phenoxy) is 1. The van der Waals surface area contributed by atoms with Crippen molar-refractivity contribution in [1.29, 1.82) is 0 Å². The molecule has 0 aliphatic carbocycles. The van der Waals surface area contributed by atoms with E-state index in [1.54, 1.807) is 48.5 Å². The van der Waals surface area contributed by atoms with E-state index in [9.17, 15) is 14.3 Å². The van der Waals surface area contributed by atoms with Crippen LogP contribution >= 0.6 is 15.9 Å². The molecule has 0 spiro atoms. The van der Waals surface area contributed by atoms with E-state index < -0.39 is 0 Å². The lowest BCUT2D eigenvalue weighted by Crippen LogP contribution is -1.98. The van der Waals surface area contributed by atoms with Gasteiger partial charge in [0, 0.05) is 16.8 Å². The molecule has 0 bridgehead atoms. The lowest BCUT2D eigenvalue weighted by atomic mass is 9.99. The van der Waals surface area contributed by atoms with Crippen LogP contribution in [0.2, 0.25) is 0 Å². The molecule has 0 fully saturated rings. The molecule has 28 heavy (non-hydrogen) atoms. The summed E-state index contributed by atoms with van der Waals surface area (Å²) in [7, 11) is 1.45. The van der Waals surface area contributed by atoms with Gasteiger partial charge in [0.15, 0.2) is 17.3 Å². The number of hydrogen-bond acceptors (Lipinski definition) is 4. The van der Waals surface area contributed by atoms with E-state index in [-0.39, 0.29) is 17.3 Å². The highest BCUT2D eigenvalue weighted by atomic mass is 79.9. The fraction of sp³-hybridized carbons (Fsp3) is 0.0455. The van der Waals surface area contributed by atoms with E-state index in [1.165, 1.54) is 25.3 Å². The molecule has 0 radical (unpaired) electrons. The molecule has 0 aliphatic rings. The molecule has 3 rings (SSSR count). The van der Waals surface area contributed by atoms with E-state index in [1.807, 2.05) is 0 Å². The van der Waals surface area contributed by atoms with Crippen LogP contribution in [0.1, 0.15) is 15.9 Å². The number of aromatic hydroxyl groups is 1. The summed E-state index contributed by atoms with van der Waals surface area (Å²) in [6, 6.07) is 14.2. The second-order valence-corrected chi connectivity index (χ2v) is 6.91. The number of allylic oxidation sites excluding steroid dienone is 1. The van der Waals surface area contributed by atoms with Crippen LogP contribution in [0.3, 0.4) is 0 Å². The summed E-state index contributed by atoms with van der Waals surface area (Å²) >= 11 is 3.25. The highest BCUT2D eigenvalue weighted by molar-refractivity contribution is 9.10. The maximum atomic E-state index is 13.2. The molecule has 0 saturated heterocycles. The van der Waals surface area contributed by atoms with Crippen molar-refractivity contribution in [3.05, 3.63) is 82.1 Å². The van der Waals surface area contributed by atoms with Gasteiger partial charge in [-0.15, -0.1) is 0 Å². The number of nitrogens with two attached hydrogens (primary N) is 1. The first-order valence-corrected chi connectivity index (χ1v) is 9.12. The first-order valence-electron chi connectivity index (χ1n) is 8.33. The fourth-order valence-electron chi connectivity index (χ4n) is 2.70. The first-order chi connectivity index (χ1) is 13.4. The smallest absolute Gasteiger partial charge is 0.185 e.